The number of nitrogens with two attached hydrogens (primary N) is 1. The molecular weight excluding hydrogens is 436 g/mol. The zero-order valence-electron chi connectivity index (χ0n) is 22.0. The van der Waals surface area contributed by atoms with E-state index < -0.39 is 0 Å². The molecule has 0 atom stereocenters. The van der Waals surface area contributed by atoms with E-state index in [0.29, 0.717) is 30.6 Å². The Morgan fingerprint density at radius 1 is 0.971 bits per heavy atom. The Kier molecular flexibility index (Phi) is 7.99. The SMILES string of the molecule is CCC(C)(C)c1ccc(OCCCNC(=O)c2cc(N)c3ccccc3c2O)c(C(C)(C)CC)c1. The highest BCUT2D eigenvalue weighted by atomic mass is 16.5. The third-order valence-electron chi connectivity index (χ3n) is 7.41. The van der Waals surface area contributed by atoms with Crippen LogP contribution < -0.4 is 15.8 Å². The Morgan fingerprint density at radius 3 is 2.29 bits per heavy atom. The lowest BCUT2D eigenvalue weighted by atomic mass is 9.76. The molecule has 0 aliphatic rings. The largest absolute Gasteiger partial charge is 0.506 e. The van der Waals surface area contributed by atoms with Crippen LogP contribution in [-0.2, 0) is 10.8 Å². The first kappa shape index (κ1) is 26.4. The van der Waals surface area contributed by atoms with Gasteiger partial charge in [-0.3, -0.25) is 4.79 Å². The quantitative estimate of drug-likeness (QED) is 0.173. The highest BCUT2D eigenvalue weighted by molar-refractivity contribution is 6.07. The minimum absolute atomic E-state index is 0.00305. The molecule has 0 unspecified atom stereocenters. The summed E-state index contributed by atoms with van der Waals surface area (Å²) in [6, 6.07) is 15.3. The molecule has 0 aromatic heterocycles. The van der Waals surface area contributed by atoms with Crippen molar-refractivity contribution in [2.45, 2.75) is 71.6 Å². The van der Waals surface area contributed by atoms with Crippen molar-refractivity contribution in [1.29, 1.82) is 0 Å². The second-order valence-corrected chi connectivity index (χ2v) is 10.6. The molecule has 0 aliphatic heterocycles. The molecule has 1 amide bonds. The molecule has 3 aromatic rings. The molecule has 0 radical (unpaired) electrons. The minimum Gasteiger partial charge on any atom is -0.506 e. The number of amides is 1. The Labute approximate surface area is 209 Å². The van der Waals surface area contributed by atoms with Crippen molar-refractivity contribution < 1.29 is 14.6 Å². The van der Waals surface area contributed by atoms with E-state index in [1.165, 1.54) is 17.2 Å². The van der Waals surface area contributed by atoms with E-state index in [1.807, 2.05) is 18.2 Å². The lowest BCUT2D eigenvalue weighted by molar-refractivity contribution is 0.0949. The summed E-state index contributed by atoms with van der Waals surface area (Å²) in [5.41, 5.74) is 9.40. The zero-order valence-corrected chi connectivity index (χ0v) is 22.0. The van der Waals surface area contributed by atoms with Gasteiger partial charge >= 0.3 is 0 Å². The molecule has 5 heteroatoms. The number of rotatable bonds is 10. The highest BCUT2D eigenvalue weighted by Crippen LogP contribution is 2.38. The standard InChI is InChI=1S/C30H40N2O3/c1-7-29(3,4)20-14-15-26(24(18-20)30(5,6)8-2)35-17-11-16-32-28(34)23-19-25(31)21-12-9-10-13-22(21)27(23)33/h9-10,12-15,18-19,33H,7-8,11,16-17,31H2,1-6H3,(H,32,34). The molecule has 0 heterocycles. The highest BCUT2D eigenvalue weighted by Gasteiger charge is 2.26. The topological polar surface area (TPSA) is 84.6 Å². The minimum atomic E-state index is -0.348. The number of benzene rings is 3. The third-order valence-corrected chi connectivity index (χ3v) is 7.41. The summed E-state index contributed by atoms with van der Waals surface area (Å²) >= 11 is 0. The van der Waals surface area contributed by atoms with Crippen LogP contribution in [-0.4, -0.2) is 24.2 Å². The number of ether oxygens (including phenoxy) is 1. The molecule has 0 bridgehead atoms. The summed E-state index contributed by atoms with van der Waals surface area (Å²) in [6.45, 7) is 14.4. The predicted molar refractivity (Wildman–Crippen MR) is 146 cm³/mol. The van der Waals surface area contributed by atoms with Gasteiger partial charge in [0.15, 0.2) is 0 Å². The second-order valence-electron chi connectivity index (χ2n) is 10.6. The summed E-state index contributed by atoms with van der Waals surface area (Å²) in [4.78, 5) is 12.7. The van der Waals surface area contributed by atoms with E-state index in [0.717, 1.165) is 24.0 Å². The number of anilines is 1. The van der Waals surface area contributed by atoms with Crippen molar-refractivity contribution in [1.82, 2.24) is 5.32 Å². The van der Waals surface area contributed by atoms with Gasteiger partial charge in [0, 0.05) is 28.6 Å². The average Bonchev–Trinajstić information content (AvgIpc) is 2.85. The Bertz CT molecular complexity index is 1200. The summed E-state index contributed by atoms with van der Waals surface area (Å²) in [5, 5.41) is 14.8. The van der Waals surface area contributed by atoms with Crippen LogP contribution in [0.2, 0.25) is 0 Å². The molecule has 0 spiro atoms. The molecule has 4 N–H and O–H groups in total. The molecule has 0 saturated carbocycles. The van der Waals surface area contributed by atoms with Crippen LogP contribution in [0.1, 0.15) is 82.3 Å². The van der Waals surface area contributed by atoms with E-state index in [4.69, 9.17) is 10.5 Å². The van der Waals surface area contributed by atoms with Crippen LogP contribution in [0.3, 0.4) is 0 Å². The monoisotopic (exact) mass is 476 g/mol. The van der Waals surface area contributed by atoms with E-state index in [1.54, 1.807) is 6.07 Å². The smallest absolute Gasteiger partial charge is 0.255 e. The number of carbonyl (C=O) groups is 1. The molecule has 3 rings (SSSR count). The third kappa shape index (κ3) is 5.72. The normalized spacial score (nSPS) is 12.1. The Hall–Kier alpha value is -3.21. The molecule has 3 aromatic carbocycles. The van der Waals surface area contributed by atoms with E-state index in [9.17, 15) is 9.90 Å². The Balaban J connectivity index is 1.65. The van der Waals surface area contributed by atoms with Gasteiger partial charge in [0.05, 0.1) is 12.2 Å². The number of phenols is 1. The molecule has 5 nitrogen and oxygen atoms in total. The number of nitrogen functional groups attached to an aromatic ring is 1. The maximum absolute atomic E-state index is 12.7. The fourth-order valence-corrected chi connectivity index (χ4v) is 4.11. The maximum atomic E-state index is 12.7. The van der Waals surface area contributed by atoms with E-state index in [-0.39, 0.29) is 28.1 Å². The van der Waals surface area contributed by atoms with Crippen LogP contribution in [0, 0.1) is 0 Å². The second kappa shape index (κ2) is 10.6. The van der Waals surface area contributed by atoms with E-state index >= 15 is 0 Å². The maximum Gasteiger partial charge on any atom is 0.255 e. The molecule has 0 fully saturated rings. The number of hydrogen-bond donors (Lipinski definition) is 3. The van der Waals surface area contributed by atoms with Crippen molar-refractivity contribution in [2.75, 3.05) is 18.9 Å². The van der Waals surface area contributed by atoms with Gasteiger partial charge in [-0.05, 0) is 47.8 Å². The van der Waals surface area contributed by atoms with Gasteiger partial charge in [-0.15, -0.1) is 0 Å². The van der Waals surface area contributed by atoms with Crippen molar-refractivity contribution >= 4 is 22.4 Å². The van der Waals surface area contributed by atoms with Gasteiger partial charge in [-0.2, -0.15) is 0 Å². The van der Waals surface area contributed by atoms with E-state index in [2.05, 4.69) is 65.1 Å². The summed E-state index contributed by atoms with van der Waals surface area (Å²) < 4.78 is 6.19. The van der Waals surface area contributed by atoms with Gasteiger partial charge in [-0.1, -0.05) is 77.9 Å². The van der Waals surface area contributed by atoms with Gasteiger partial charge in [0.2, 0.25) is 0 Å². The number of hydrogen-bond acceptors (Lipinski definition) is 4. The van der Waals surface area contributed by atoms with Crippen molar-refractivity contribution in [3.63, 3.8) is 0 Å². The molecule has 35 heavy (non-hydrogen) atoms. The van der Waals surface area contributed by atoms with Crippen LogP contribution in [0.5, 0.6) is 11.5 Å². The number of carbonyl (C=O) groups excluding carboxylic acids is 1. The average molecular weight is 477 g/mol. The lowest BCUT2D eigenvalue weighted by Crippen LogP contribution is -2.26. The summed E-state index contributed by atoms with van der Waals surface area (Å²) in [6.07, 6.45) is 2.72. The van der Waals surface area contributed by atoms with Crippen molar-refractivity contribution in [3.8, 4) is 11.5 Å². The number of phenolic OH excluding ortho intramolecular Hbond substituents is 1. The van der Waals surface area contributed by atoms with Crippen molar-refractivity contribution in [3.05, 3.63) is 65.2 Å². The summed E-state index contributed by atoms with van der Waals surface area (Å²) in [7, 11) is 0. The summed E-state index contributed by atoms with van der Waals surface area (Å²) in [5.74, 6) is 0.503. The van der Waals surface area contributed by atoms with Crippen LogP contribution in [0.25, 0.3) is 10.8 Å². The predicted octanol–water partition coefficient (Wildman–Crippen LogP) is 6.70. The fraction of sp³-hybridized carbons (Fsp3) is 0.433. The fourth-order valence-electron chi connectivity index (χ4n) is 4.11. The van der Waals surface area contributed by atoms with Crippen LogP contribution in [0.15, 0.2) is 48.5 Å². The van der Waals surface area contributed by atoms with Crippen molar-refractivity contribution in [2.24, 2.45) is 0 Å². The first-order valence-corrected chi connectivity index (χ1v) is 12.6. The van der Waals surface area contributed by atoms with Gasteiger partial charge < -0.3 is 20.9 Å². The zero-order chi connectivity index (χ0) is 25.8. The van der Waals surface area contributed by atoms with Gasteiger partial charge in [0.1, 0.15) is 11.5 Å². The van der Waals surface area contributed by atoms with Gasteiger partial charge in [-0.25, -0.2) is 0 Å². The molecule has 0 saturated heterocycles. The molecule has 0 aliphatic carbocycles. The lowest BCUT2D eigenvalue weighted by Gasteiger charge is -2.30. The van der Waals surface area contributed by atoms with Crippen LogP contribution in [0.4, 0.5) is 5.69 Å². The first-order chi connectivity index (χ1) is 16.5. The first-order valence-electron chi connectivity index (χ1n) is 12.6. The molecular formula is C30H40N2O3. The number of aromatic hydroxyl groups is 1. The molecule has 188 valence electrons. The van der Waals surface area contributed by atoms with Gasteiger partial charge in [0.25, 0.3) is 5.91 Å². The number of fused-ring (bicyclic) bond motifs is 1. The van der Waals surface area contributed by atoms with Crippen LogP contribution >= 0.6 is 0 Å². The number of nitrogens with one attached hydrogen (secondary N) is 1. The Morgan fingerprint density at radius 2 is 1.63 bits per heavy atom.